The van der Waals surface area contributed by atoms with E-state index in [1.165, 1.54) is 24.3 Å². The van der Waals surface area contributed by atoms with Gasteiger partial charge in [-0.15, -0.1) is 0 Å². The first-order valence-electron chi connectivity index (χ1n) is 12.9. The van der Waals surface area contributed by atoms with Crippen LogP contribution in [-0.4, -0.2) is 65.3 Å². The minimum absolute atomic E-state index is 0.0377. The molecule has 0 saturated heterocycles. The molecular formula is C26H41NO10P2. The molecule has 2 rings (SSSR count). The maximum absolute atomic E-state index is 13.8. The highest BCUT2D eigenvalue weighted by molar-refractivity contribution is 7.72. The maximum atomic E-state index is 13.8. The van der Waals surface area contributed by atoms with E-state index in [9.17, 15) is 29.6 Å². The molecule has 0 aromatic heterocycles. The molecule has 220 valence electrons. The zero-order valence-corrected chi connectivity index (χ0v) is 25.1. The summed E-state index contributed by atoms with van der Waals surface area (Å²) < 4.78 is 49.8. The van der Waals surface area contributed by atoms with Crippen LogP contribution < -0.4 is 5.32 Å². The first kappa shape index (κ1) is 33.1. The van der Waals surface area contributed by atoms with Crippen molar-refractivity contribution in [2.45, 2.75) is 52.9 Å². The summed E-state index contributed by atoms with van der Waals surface area (Å²) in [6, 6.07) is 5.92. The van der Waals surface area contributed by atoms with Crippen molar-refractivity contribution in [2.24, 2.45) is 0 Å². The minimum atomic E-state index is -4.00. The second-order valence-electron chi connectivity index (χ2n) is 8.74. The second-order valence-corrected chi connectivity index (χ2v) is 13.6. The fraction of sp³-hybridized carbons (Fsp3) is 0.538. The molecule has 0 atom stereocenters. The van der Waals surface area contributed by atoms with Crippen molar-refractivity contribution in [1.82, 2.24) is 5.32 Å². The number of phenolic OH excluding ortho intramolecular Hbond substituents is 4. The van der Waals surface area contributed by atoms with E-state index in [1.54, 1.807) is 41.5 Å². The van der Waals surface area contributed by atoms with Crippen molar-refractivity contribution >= 4 is 15.2 Å². The fourth-order valence-electron chi connectivity index (χ4n) is 4.26. The molecule has 5 N–H and O–H groups in total. The van der Waals surface area contributed by atoms with Crippen molar-refractivity contribution in [3.05, 3.63) is 46.5 Å². The van der Waals surface area contributed by atoms with Crippen molar-refractivity contribution in [2.75, 3.05) is 39.5 Å². The molecule has 11 nitrogen and oxygen atoms in total. The van der Waals surface area contributed by atoms with E-state index in [-0.39, 0.29) is 73.6 Å². The summed E-state index contributed by atoms with van der Waals surface area (Å²) in [5.41, 5.74) is 1.26. The van der Waals surface area contributed by atoms with Crippen LogP contribution in [0.5, 0.6) is 23.0 Å². The summed E-state index contributed by atoms with van der Waals surface area (Å²) in [6.45, 7) is 9.69. The Hall–Kier alpha value is -2.10. The summed E-state index contributed by atoms with van der Waals surface area (Å²) in [5, 5.41) is 43.7. The van der Waals surface area contributed by atoms with Gasteiger partial charge in [-0.3, -0.25) is 9.13 Å². The lowest BCUT2D eigenvalue weighted by molar-refractivity contribution is 0.194. The number of benzene rings is 2. The third-order valence-corrected chi connectivity index (χ3v) is 12.3. The normalized spacial score (nSPS) is 12.5. The molecule has 2 aromatic rings. The molecule has 0 radical (unpaired) electrons. The number of aromatic hydroxyl groups is 4. The molecule has 2 aromatic carbocycles. The molecule has 0 spiro atoms. The first-order valence-corrected chi connectivity index (χ1v) is 16.1. The van der Waals surface area contributed by atoms with Crippen molar-refractivity contribution in [3.63, 3.8) is 0 Å². The molecule has 0 aliphatic heterocycles. The highest BCUT2D eigenvalue weighted by Crippen LogP contribution is 2.70. The van der Waals surface area contributed by atoms with Crippen molar-refractivity contribution in [3.8, 4) is 23.0 Å². The average Bonchev–Trinajstić information content (AvgIpc) is 2.87. The molecule has 0 heterocycles. The van der Waals surface area contributed by atoms with Gasteiger partial charge >= 0.3 is 15.2 Å². The van der Waals surface area contributed by atoms with Gasteiger partial charge in [0.05, 0.1) is 26.4 Å². The van der Waals surface area contributed by atoms with E-state index < -0.39 is 26.5 Å². The maximum Gasteiger partial charge on any atom is 0.347 e. The Morgan fingerprint density at radius 1 is 0.667 bits per heavy atom. The van der Waals surface area contributed by atoms with Crippen LogP contribution in [0.4, 0.5) is 0 Å². The van der Waals surface area contributed by atoms with Crippen LogP contribution in [0.2, 0.25) is 0 Å². The standard InChI is InChI=1S/C26H41NO10P2/c1-7-34-38(32,35-8-2)24(39(33,36-9-3)37-10-4)16-27-15-21(19-11-13-22(28)17(5)25(19)30)20-12-14-23(29)18(6)26(20)31/h11-14,21,24,27-31H,7-10,15-16H2,1-6H3. The Morgan fingerprint density at radius 3 is 1.36 bits per heavy atom. The predicted octanol–water partition coefficient (Wildman–Crippen LogP) is 5.71. The SMILES string of the molecule is CCOP(=O)(OCC)C(CNCC(c1ccc(O)c(C)c1O)c1ccc(O)c(C)c1O)P(=O)(OCC)OCC. The molecule has 13 heteroatoms. The number of phenols is 4. The van der Waals surface area contributed by atoms with Crippen molar-refractivity contribution in [1.29, 1.82) is 0 Å². The average molecular weight is 590 g/mol. The van der Waals surface area contributed by atoms with Gasteiger partial charge in [-0.25, -0.2) is 0 Å². The van der Waals surface area contributed by atoms with E-state index in [0.29, 0.717) is 11.1 Å². The van der Waals surface area contributed by atoms with Crippen LogP contribution in [0.25, 0.3) is 0 Å². The van der Waals surface area contributed by atoms with Crippen LogP contribution in [0.3, 0.4) is 0 Å². The second kappa shape index (κ2) is 14.5. The van der Waals surface area contributed by atoms with Gasteiger partial charge in [-0.1, -0.05) is 12.1 Å². The lowest BCUT2D eigenvalue weighted by atomic mass is 9.87. The summed E-state index contributed by atoms with van der Waals surface area (Å²) in [5.74, 6) is -1.25. The minimum Gasteiger partial charge on any atom is -0.508 e. The Bertz CT molecular complexity index is 1100. The number of hydrogen-bond acceptors (Lipinski definition) is 11. The summed E-state index contributed by atoms with van der Waals surface area (Å²) in [7, 11) is -8.01. The van der Waals surface area contributed by atoms with Gasteiger partial charge in [0.1, 0.15) is 23.0 Å². The number of rotatable bonds is 16. The fourth-order valence-corrected chi connectivity index (χ4v) is 9.43. The van der Waals surface area contributed by atoms with E-state index in [2.05, 4.69) is 5.32 Å². The summed E-state index contributed by atoms with van der Waals surface area (Å²) in [4.78, 5) is 0. The molecule has 0 saturated carbocycles. The molecule has 0 unspecified atom stereocenters. The Morgan fingerprint density at radius 2 is 1.03 bits per heavy atom. The van der Waals surface area contributed by atoms with Crippen LogP contribution in [0.15, 0.2) is 24.3 Å². The molecule has 0 fully saturated rings. The quantitative estimate of drug-likeness (QED) is 0.152. The largest absolute Gasteiger partial charge is 0.508 e. The lowest BCUT2D eigenvalue weighted by Gasteiger charge is -2.32. The predicted molar refractivity (Wildman–Crippen MR) is 149 cm³/mol. The first-order chi connectivity index (χ1) is 18.4. The van der Waals surface area contributed by atoms with Gasteiger partial charge in [-0.2, -0.15) is 0 Å². The molecular weight excluding hydrogens is 548 g/mol. The van der Waals surface area contributed by atoms with Crippen LogP contribution in [0.1, 0.15) is 55.9 Å². The molecule has 0 aliphatic rings. The molecule has 0 bridgehead atoms. The van der Waals surface area contributed by atoms with Gasteiger partial charge in [0.2, 0.25) is 0 Å². The van der Waals surface area contributed by atoms with Crippen molar-refractivity contribution < 1.29 is 47.7 Å². The zero-order valence-electron chi connectivity index (χ0n) is 23.3. The molecule has 0 aliphatic carbocycles. The smallest absolute Gasteiger partial charge is 0.347 e. The van der Waals surface area contributed by atoms with Crippen LogP contribution >= 0.6 is 15.2 Å². The Kier molecular flexibility index (Phi) is 12.3. The summed E-state index contributed by atoms with van der Waals surface area (Å²) >= 11 is 0. The van der Waals surface area contributed by atoms with Crippen LogP contribution in [-0.2, 0) is 27.2 Å². The van der Waals surface area contributed by atoms with E-state index in [1.807, 2.05) is 0 Å². The van der Waals surface area contributed by atoms with E-state index in [4.69, 9.17) is 18.1 Å². The Balaban J connectivity index is 2.56. The topological polar surface area (TPSA) is 164 Å². The third kappa shape index (κ3) is 7.55. The number of nitrogens with one attached hydrogen (secondary N) is 1. The van der Waals surface area contributed by atoms with Gasteiger partial charge in [0.15, 0.2) is 5.40 Å². The third-order valence-electron chi connectivity index (χ3n) is 6.26. The van der Waals surface area contributed by atoms with Gasteiger partial charge in [0.25, 0.3) is 0 Å². The van der Waals surface area contributed by atoms with E-state index >= 15 is 0 Å². The summed E-state index contributed by atoms with van der Waals surface area (Å²) in [6.07, 6.45) is 0. The van der Waals surface area contributed by atoms with Gasteiger partial charge in [0, 0.05) is 41.3 Å². The Labute approximate surface area is 230 Å². The molecule has 39 heavy (non-hydrogen) atoms. The lowest BCUT2D eigenvalue weighted by Crippen LogP contribution is -2.33. The van der Waals surface area contributed by atoms with Crippen LogP contribution in [0, 0.1) is 13.8 Å². The van der Waals surface area contributed by atoms with Gasteiger partial charge < -0.3 is 43.8 Å². The zero-order chi connectivity index (χ0) is 29.4. The highest BCUT2D eigenvalue weighted by Gasteiger charge is 2.50. The van der Waals surface area contributed by atoms with Gasteiger partial charge in [-0.05, 0) is 53.7 Å². The van der Waals surface area contributed by atoms with E-state index in [0.717, 1.165) is 0 Å². The highest BCUT2D eigenvalue weighted by atomic mass is 31.2. The molecule has 0 amide bonds. The monoisotopic (exact) mass is 589 g/mol. The number of hydrogen-bond donors (Lipinski definition) is 5.